The lowest BCUT2D eigenvalue weighted by Crippen LogP contribution is -1.99. The number of nitrogens with zero attached hydrogens (tertiary/aromatic N) is 2. The largest absolute Gasteiger partial charge is 0.326 e. The Morgan fingerprint density at radius 1 is 1.62 bits per heavy atom. The Morgan fingerprint density at radius 3 is 2.92 bits per heavy atom. The zero-order chi connectivity index (χ0) is 9.68. The second-order valence-electron chi connectivity index (χ2n) is 3.05. The van der Waals surface area contributed by atoms with Crippen LogP contribution < -0.4 is 5.73 Å². The maximum absolute atomic E-state index is 5.56. The molecule has 0 aliphatic heterocycles. The number of hydrogen-bond donors (Lipinski definition) is 1. The predicted octanol–water partition coefficient (Wildman–Crippen LogP) is 1.40. The van der Waals surface area contributed by atoms with Crippen molar-refractivity contribution in [1.82, 2.24) is 9.78 Å². The van der Waals surface area contributed by atoms with Gasteiger partial charge < -0.3 is 5.73 Å². The highest BCUT2D eigenvalue weighted by atomic mass is 32.2. The van der Waals surface area contributed by atoms with Gasteiger partial charge in [-0.1, -0.05) is 0 Å². The lowest BCUT2D eigenvalue weighted by atomic mass is 10.3. The minimum absolute atomic E-state index is 0.592. The first-order valence-electron chi connectivity index (χ1n) is 4.50. The van der Waals surface area contributed by atoms with Gasteiger partial charge in [0.1, 0.15) is 0 Å². The van der Waals surface area contributed by atoms with Crippen molar-refractivity contribution in [3.8, 4) is 0 Å². The second kappa shape index (κ2) is 5.29. The summed E-state index contributed by atoms with van der Waals surface area (Å²) in [4.78, 5) is 0. The van der Waals surface area contributed by atoms with Crippen LogP contribution in [0, 0.1) is 6.92 Å². The minimum atomic E-state index is 0.592. The predicted molar refractivity (Wildman–Crippen MR) is 57.9 cm³/mol. The molecule has 0 aliphatic rings. The fourth-order valence-electron chi connectivity index (χ4n) is 1.24. The van der Waals surface area contributed by atoms with Crippen LogP contribution in [-0.4, -0.2) is 21.8 Å². The standard InChI is InChI=1S/C9H17N3S/c1-8-9(6-10)7-12(11-8)4-3-5-13-2/h7H,3-6,10H2,1-2H3. The first-order valence-corrected chi connectivity index (χ1v) is 5.89. The molecule has 0 aromatic carbocycles. The zero-order valence-corrected chi connectivity index (χ0v) is 9.10. The van der Waals surface area contributed by atoms with Crippen LogP contribution >= 0.6 is 11.8 Å². The molecule has 1 aromatic rings. The molecule has 0 spiro atoms. The number of rotatable bonds is 5. The summed E-state index contributed by atoms with van der Waals surface area (Å²) in [7, 11) is 0. The van der Waals surface area contributed by atoms with E-state index in [1.54, 1.807) is 0 Å². The minimum Gasteiger partial charge on any atom is -0.326 e. The van der Waals surface area contributed by atoms with Crippen LogP contribution in [0.25, 0.3) is 0 Å². The molecule has 3 nitrogen and oxygen atoms in total. The lowest BCUT2D eigenvalue weighted by Gasteiger charge is -1.98. The molecule has 1 aromatic heterocycles. The third-order valence-corrected chi connectivity index (χ3v) is 2.70. The second-order valence-corrected chi connectivity index (χ2v) is 4.04. The van der Waals surface area contributed by atoms with Crippen LogP contribution in [0.15, 0.2) is 6.20 Å². The number of hydrogen-bond acceptors (Lipinski definition) is 3. The number of thioether (sulfide) groups is 1. The zero-order valence-electron chi connectivity index (χ0n) is 8.29. The molecule has 0 atom stereocenters. The van der Waals surface area contributed by atoms with Gasteiger partial charge in [-0.05, 0) is 25.4 Å². The van der Waals surface area contributed by atoms with E-state index in [2.05, 4.69) is 17.6 Å². The normalized spacial score (nSPS) is 10.7. The van der Waals surface area contributed by atoms with Crippen LogP contribution in [0.4, 0.5) is 0 Å². The van der Waals surface area contributed by atoms with Gasteiger partial charge in [0.25, 0.3) is 0 Å². The molecule has 4 heteroatoms. The fraction of sp³-hybridized carbons (Fsp3) is 0.667. The Bertz CT molecular complexity index is 257. The topological polar surface area (TPSA) is 43.8 Å². The molecule has 0 fully saturated rings. The van der Waals surface area contributed by atoms with E-state index in [0.29, 0.717) is 6.54 Å². The summed E-state index contributed by atoms with van der Waals surface area (Å²) in [6, 6.07) is 0. The van der Waals surface area contributed by atoms with Gasteiger partial charge in [0, 0.05) is 24.8 Å². The molecule has 0 amide bonds. The molecule has 0 saturated carbocycles. The Hall–Kier alpha value is -0.480. The molecule has 0 saturated heterocycles. The molecular formula is C9H17N3S. The van der Waals surface area contributed by atoms with Crippen LogP contribution in [-0.2, 0) is 13.1 Å². The van der Waals surface area contributed by atoms with Gasteiger partial charge in [0.15, 0.2) is 0 Å². The molecule has 0 aliphatic carbocycles. The monoisotopic (exact) mass is 199 g/mol. The van der Waals surface area contributed by atoms with Crippen molar-refractivity contribution in [3.05, 3.63) is 17.5 Å². The molecule has 1 rings (SSSR count). The third kappa shape index (κ3) is 3.04. The Balaban J connectivity index is 2.48. The van der Waals surface area contributed by atoms with Crippen molar-refractivity contribution < 1.29 is 0 Å². The summed E-state index contributed by atoms with van der Waals surface area (Å²) in [5.41, 5.74) is 7.78. The third-order valence-electron chi connectivity index (χ3n) is 2.00. The molecule has 13 heavy (non-hydrogen) atoms. The Morgan fingerprint density at radius 2 is 2.38 bits per heavy atom. The van der Waals surface area contributed by atoms with Gasteiger partial charge in [-0.2, -0.15) is 16.9 Å². The van der Waals surface area contributed by atoms with Crippen LogP contribution in [0.5, 0.6) is 0 Å². The highest BCUT2D eigenvalue weighted by Gasteiger charge is 2.01. The summed E-state index contributed by atoms with van der Waals surface area (Å²) in [6.45, 7) is 3.60. The average molecular weight is 199 g/mol. The SMILES string of the molecule is CSCCCn1cc(CN)c(C)n1. The van der Waals surface area contributed by atoms with E-state index in [4.69, 9.17) is 5.73 Å². The fourth-order valence-corrected chi connectivity index (χ4v) is 1.66. The van der Waals surface area contributed by atoms with Crippen LogP contribution in [0.1, 0.15) is 17.7 Å². The van der Waals surface area contributed by atoms with Crippen molar-refractivity contribution in [1.29, 1.82) is 0 Å². The van der Waals surface area contributed by atoms with E-state index >= 15 is 0 Å². The molecule has 1 heterocycles. The number of aromatic nitrogens is 2. The van der Waals surface area contributed by atoms with E-state index < -0.39 is 0 Å². The summed E-state index contributed by atoms with van der Waals surface area (Å²) in [6.07, 6.45) is 5.35. The molecule has 74 valence electrons. The van der Waals surface area contributed by atoms with Crippen molar-refractivity contribution >= 4 is 11.8 Å². The van der Waals surface area contributed by atoms with E-state index in [0.717, 1.165) is 17.8 Å². The van der Waals surface area contributed by atoms with E-state index in [-0.39, 0.29) is 0 Å². The highest BCUT2D eigenvalue weighted by Crippen LogP contribution is 2.05. The Labute approximate surface area is 83.7 Å². The number of aryl methyl sites for hydroxylation is 2. The smallest absolute Gasteiger partial charge is 0.0638 e. The Kier molecular flexibility index (Phi) is 4.32. The van der Waals surface area contributed by atoms with Crippen molar-refractivity contribution in [2.24, 2.45) is 5.73 Å². The maximum Gasteiger partial charge on any atom is 0.0638 e. The molecule has 0 bridgehead atoms. The maximum atomic E-state index is 5.56. The quantitative estimate of drug-likeness (QED) is 0.729. The van der Waals surface area contributed by atoms with Gasteiger partial charge in [-0.3, -0.25) is 4.68 Å². The average Bonchev–Trinajstić information content (AvgIpc) is 2.47. The summed E-state index contributed by atoms with van der Waals surface area (Å²) < 4.78 is 1.99. The first-order chi connectivity index (χ1) is 6.27. The summed E-state index contributed by atoms with van der Waals surface area (Å²) in [5.74, 6) is 1.19. The van der Waals surface area contributed by atoms with Crippen molar-refractivity contribution in [2.45, 2.75) is 26.4 Å². The molecule has 0 unspecified atom stereocenters. The van der Waals surface area contributed by atoms with E-state index in [1.807, 2.05) is 23.4 Å². The summed E-state index contributed by atoms with van der Waals surface area (Å²) >= 11 is 1.87. The summed E-state index contributed by atoms with van der Waals surface area (Å²) in [5, 5.41) is 4.38. The molecular weight excluding hydrogens is 182 g/mol. The first kappa shape index (κ1) is 10.6. The van der Waals surface area contributed by atoms with E-state index in [9.17, 15) is 0 Å². The molecule has 0 radical (unpaired) electrons. The van der Waals surface area contributed by atoms with Gasteiger partial charge in [0.2, 0.25) is 0 Å². The van der Waals surface area contributed by atoms with Crippen molar-refractivity contribution in [3.63, 3.8) is 0 Å². The van der Waals surface area contributed by atoms with Gasteiger partial charge in [0.05, 0.1) is 5.69 Å². The van der Waals surface area contributed by atoms with Crippen LogP contribution in [0.3, 0.4) is 0 Å². The van der Waals surface area contributed by atoms with Gasteiger partial charge in [-0.15, -0.1) is 0 Å². The van der Waals surface area contributed by atoms with Gasteiger partial charge in [-0.25, -0.2) is 0 Å². The van der Waals surface area contributed by atoms with Crippen molar-refractivity contribution in [2.75, 3.05) is 12.0 Å². The highest BCUT2D eigenvalue weighted by molar-refractivity contribution is 7.98. The molecule has 2 N–H and O–H groups in total. The van der Waals surface area contributed by atoms with E-state index in [1.165, 1.54) is 12.2 Å². The van der Waals surface area contributed by atoms with Crippen LogP contribution in [0.2, 0.25) is 0 Å². The lowest BCUT2D eigenvalue weighted by molar-refractivity contribution is 0.601. The number of nitrogens with two attached hydrogens (primary N) is 1. The van der Waals surface area contributed by atoms with Gasteiger partial charge >= 0.3 is 0 Å².